The smallest absolute Gasteiger partial charge is 0.307 e. The Balaban J connectivity index is 2.16. The van der Waals surface area contributed by atoms with E-state index in [0.29, 0.717) is 25.6 Å². The molecule has 0 spiro atoms. The van der Waals surface area contributed by atoms with Crippen molar-refractivity contribution in [2.45, 2.75) is 31.7 Å². The quantitative estimate of drug-likeness (QED) is 0.641. The van der Waals surface area contributed by atoms with Gasteiger partial charge in [-0.15, -0.1) is 0 Å². The van der Waals surface area contributed by atoms with E-state index in [9.17, 15) is 4.79 Å². The fourth-order valence-electron chi connectivity index (χ4n) is 1.49. The minimum Gasteiger partial charge on any atom is -0.481 e. The average Bonchev–Trinajstić information content (AvgIpc) is 2.07. The predicted octanol–water partition coefficient (Wildman–Crippen LogP) is 0.866. The second kappa shape index (κ2) is 5.98. The number of hydrogen-bond acceptors (Lipinski definition) is 3. The highest BCUT2D eigenvalue weighted by atomic mass is 16.5. The van der Waals surface area contributed by atoms with E-state index in [1.165, 1.54) is 19.3 Å². The molecule has 0 aromatic heterocycles. The number of carboxylic acids is 1. The summed E-state index contributed by atoms with van der Waals surface area (Å²) < 4.78 is 4.88. The van der Waals surface area contributed by atoms with Crippen molar-refractivity contribution >= 4 is 5.97 Å². The second-order valence-electron chi connectivity index (χ2n) is 3.85. The molecule has 0 radical (unpaired) electrons. The lowest BCUT2D eigenvalue weighted by molar-refractivity contribution is -0.142. The third kappa shape index (κ3) is 3.64. The van der Waals surface area contributed by atoms with Gasteiger partial charge in [-0.05, 0) is 19.3 Å². The van der Waals surface area contributed by atoms with Crippen molar-refractivity contribution in [2.24, 2.45) is 5.92 Å². The van der Waals surface area contributed by atoms with E-state index in [1.807, 2.05) is 0 Å². The molecule has 0 bridgehead atoms. The fraction of sp³-hybridized carbons (Fsp3) is 0.900. The highest BCUT2D eigenvalue weighted by molar-refractivity contribution is 5.70. The largest absolute Gasteiger partial charge is 0.481 e. The highest BCUT2D eigenvalue weighted by Crippen LogP contribution is 2.18. The predicted molar refractivity (Wildman–Crippen MR) is 53.3 cm³/mol. The van der Waals surface area contributed by atoms with Gasteiger partial charge in [0.1, 0.15) is 0 Å². The molecule has 1 rings (SSSR count). The van der Waals surface area contributed by atoms with Gasteiger partial charge < -0.3 is 15.2 Å². The molecule has 0 heterocycles. The third-order valence-electron chi connectivity index (χ3n) is 2.78. The molecule has 1 fully saturated rings. The maximum absolute atomic E-state index is 10.8. The first kappa shape index (κ1) is 11.5. The number of aliphatic carboxylic acids is 1. The van der Waals surface area contributed by atoms with Gasteiger partial charge >= 0.3 is 5.97 Å². The topological polar surface area (TPSA) is 58.6 Å². The molecule has 1 aliphatic carbocycles. The summed E-state index contributed by atoms with van der Waals surface area (Å²) in [6.45, 7) is 1.09. The summed E-state index contributed by atoms with van der Waals surface area (Å²) in [7, 11) is 1.60. The molecule has 4 heteroatoms. The molecule has 4 nitrogen and oxygen atoms in total. The van der Waals surface area contributed by atoms with Gasteiger partial charge in [0.05, 0.1) is 5.92 Å². The van der Waals surface area contributed by atoms with Crippen molar-refractivity contribution < 1.29 is 14.6 Å². The SMILES string of the molecule is COCCC(CNC1CCC1)C(=O)O. The van der Waals surface area contributed by atoms with Crippen LogP contribution in [0.5, 0.6) is 0 Å². The van der Waals surface area contributed by atoms with E-state index in [1.54, 1.807) is 7.11 Å². The van der Waals surface area contributed by atoms with E-state index in [-0.39, 0.29) is 5.92 Å². The van der Waals surface area contributed by atoms with Crippen LogP contribution < -0.4 is 5.32 Å². The van der Waals surface area contributed by atoms with Crippen molar-refractivity contribution in [2.75, 3.05) is 20.3 Å². The zero-order chi connectivity index (χ0) is 10.4. The standard InChI is InChI=1S/C10H19NO3/c1-14-6-5-8(10(12)13)7-11-9-3-2-4-9/h8-9,11H,2-7H2,1H3,(H,12,13). The van der Waals surface area contributed by atoms with E-state index >= 15 is 0 Å². The summed E-state index contributed by atoms with van der Waals surface area (Å²) >= 11 is 0. The van der Waals surface area contributed by atoms with Crippen LogP contribution in [0.3, 0.4) is 0 Å². The maximum atomic E-state index is 10.8. The minimum absolute atomic E-state index is 0.310. The van der Waals surface area contributed by atoms with E-state index in [2.05, 4.69) is 5.32 Å². The Morgan fingerprint density at radius 2 is 2.36 bits per heavy atom. The Hall–Kier alpha value is -0.610. The van der Waals surface area contributed by atoms with Gasteiger partial charge in [0.15, 0.2) is 0 Å². The normalized spacial score (nSPS) is 18.9. The van der Waals surface area contributed by atoms with E-state index in [4.69, 9.17) is 9.84 Å². The molecule has 0 aromatic rings. The summed E-state index contributed by atoms with van der Waals surface area (Å²) in [5.74, 6) is -1.04. The Morgan fingerprint density at radius 1 is 1.64 bits per heavy atom. The Bertz CT molecular complexity index is 180. The first-order valence-corrected chi connectivity index (χ1v) is 5.19. The molecule has 0 amide bonds. The van der Waals surface area contributed by atoms with Crippen molar-refractivity contribution in [3.63, 3.8) is 0 Å². The summed E-state index contributed by atoms with van der Waals surface area (Å²) in [5, 5.41) is 12.2. The zero-order valence-electron chi connectivity index (χ0n) is 8.66. The Labute approximate surface area is 84.6 Å². The minimum atomic E-state index is -0.728. The molecule has 1 atom stereocenters. The van der Waals surface area contributed by atoms with Gasteiger partial charge in [-0.3, -0.25) is 4.79 Å². The number of ether oxygens (including phenoxy) is 1. The summed E-state index contributed by atoms with van der Waals surface area (Å²) in [4.78, 5) is 10.8. The van der Waals surface area contributed by atoms with Crippen LogP contribution in [0.1, 0.15) is 25.7 Å². The van der Waals surface area contributed by atoms with Gasteiger partial charge in [0, 0.05) is 26.3 Å². The first-order chi connectivity index (χ1) is 6.74. The number of nitrogens with one attached hydrogen (secondary N) is 1. The molecular weight excluding hydrogens is 182 g/mol. The second-order valence-corrected chi connectivity index (χ2v) is 3.85. The highest BCUT2D eigenvalue weighted by Gasteiger charge is 2.21. The van der Waals surface area contributed by atoms with Crippen LogP contribution in [0.25, 0.3) is 0 Å². The van der Waals surface area contributed by atoms with Crippen molar-refractivity contribution in [1.82, 2.24) is 5.32 Å². The van der Waals surface area contributed by atoms with Crippen LogP contribution in [-0.2, 0) is 9.53 Å². The van der Waals surface area contributed by atoms with Gasteiger partial charge in [-0.2, -0.15) is 0 Å². The van der Waals surface area contributed by atoms with Crippen LogP contribution >= 0.6 is 0 Å². The van der Waals surface area contributed by atoms with Crippen molar-refractivity contribution in [1.29, 1.82) is 0 Å². The number of methoxy groups -OCH3 is 1. The Morgan fingerprint density at radius 3 is 2.79 bits per heavy atom. The lowest BCUT2D eigenvalue weighted by atomic mass is 9.92. The maximum Gasteiger partial charge on any atom is 0.307 e. The van der Waals surface area contributed by atoms with Crippen LogP contribution in [0, 0.1) is 5.92 Å². The number of carbonyl (C=O) groups is 1. The lowest BCUT2D eigenvalue weighted by Gasteiger charge is -2.27. The first-order valence-electron chi connectivity index (χ1n) is 5.19. The fourth-order valence-corrected chi connectivity index (χ4v) is 1.49. The Kier molecular flexibility index (Phi) is 4.90. The van der Waals surface area contributed by atoms with Gasteiger partial charge in [0.2, 0.25) is 0 Å². The van der Waals surface area contributed by atoms with E-state index in [0.717, 1.165) is 0 Å². The van der Waals surface area contributed by atoms with E-state index < -0.39 is 5.97 Å². The van der Waals surface area contributed by atoms with Crippen LogP contribution in [0.15, 0.2) is 0 Å². The van der Waals surface area contributed by atoms with Crippen LogP contribution in [0.2, 0.25) is 0 Å². The molecule has 2 N–H and O–H groups in total. The van der Waals surface area contributed by atoms with Gasteiger partial charge in [-0.25, -0.2) is 0 Å². The van der Waals surface area contributed by atoms with Gasteiger partial charge in [-0.1, -0.05) is 6.42 Å². The van der Waals surface area contributed by atoms with Crippen molar-refractivity contribution in [3.8, 4) is 0 Å². The molecule has 0 aliphatic heterocycles. The summed E-state index contributed by atoms with van der Waals surface area (Å²) in [6, 6.07) is 0.555. The average molecular weight is 201 g/mol. The third-order valence-corrected chi connectivity index (χ3v) is 2.78. The number of hydrogen-bond donors (Lipinski definition) is 2. The number of rotatable bonds is 7. The zero-order valence-corrected chi connectivity index (χ0v) is 8.66. The molecule has 1 unspecified atom stereocenters. The lowest BCUT2D eigenvalue weighted by Crippen LogP contribution is -2.40. The van der Waals surface area contributed by atoms with Crippen LogP contribution in [-0.4, -0.2) is 37.4 Å². The summed E-state index contributed by atoms with van der Waals surface area (Å²) in [5.41, 5.74) is 0. The monoisotopic (exact) mass is 201 g/mol. The molecule has 1 aliphatic rings. The molecular formula is C10H19NO3. The molecule has 0 saturated heterocycles. The molecule has 1 saturated carbocycles. The number of carboxylic acid groups (broad SMARTS) is 1. The van der Waals surface area contributed by atoms with Crippen LogP contribution in [0.4, 0.5) is 0 Å². The molecule has 82 valence electrons. The summed E-state index contributed by atoms with van der Waals surface area (Å²) in [6.07, 6.45) is 4.24. The van der Waals surface area contributed by atoms with Gasteiger partial charge in [0.25, 0.3) is 0 Å². The molecule has 0 aromatic carbocycles. The van der Waals surface area contributed by atoms with Crippen molar-refractivity contribution in [3.05, 3.63) is 0 Å². The molecule has 14 heavy (non-hydrogen) atoms.